The van der Waals surface area contributed by atoms with Crippen molar-refractivity contribution in [3.8, 4) is 0 Å². The summed E-state index contributed by atoms with van der Waals surface area (Å²) in [6.07, 6.45) is 11.8. The second kappa shape index (κ2) is 7.93. The average molecular weight is 318 g/mol. The molecule has 1 heterocycles. The van der Waals surface area contributed by atoms with Gasteiger partial charge < -0.3 is 4.74 Å². The monoisotopic (exact) mass is 318 g/mol. The van der Waals surface area contributed by atoms with Crippen molar-refractivity contribution in [2.45, 2.75) is 82.3 Å². The van der Waals surface area contributed by atoms with Crippen molar-refractivity contribution in [2.75, 3.05) is 13.2 Å². The van der Waals surface area contributed by atoms with Gasteiger partial charge in [-0.15, -0.1) is 0 Å². The summed E-state index contributed by atoms with van der Waals surface area (Å²) in [7, 11) is -3.96. The third-order valence-electron chi connectivity index (χ3n) is 5.36. The molecule has 2 aliphatic rings. The van der Waals surface area contributed by atoms with Gasteiger partial charge in [-0.1, -0.05) is 32.1 Å². The fourth-order valence-corrected chi connectivity index (χ4v) is 5.70. The Kier molecular flexibility index (Phi) is 6.51. The molecule has 1 atom stereocenters. The van der Waals surface area contributed by atoms with Crippen LogP contribution in [0.1, 0.15) is 77.0 Å². The number of rotatable bonds is 1. The summed E-state index contributed by atoms with van der Waals surface area (Å²) in [4.78, 5) is 0. The quantitative estimate of drug-likeness (QED) is 0.743. The largest absolute Gasteiger partial charge is 0.381 e. The van der Waals surface area contributed by atoms with E-state index in [-0.39, 0.29) is 5.41 Å². The van der Waals surface area contributed by atoms with Crippen molar-refractivity contribution in [1.29, 1.82) is 0 Å². The molecule has 0 amide bonds. The molecule has 1 saturated carbocycles. The van der Waals surface area contributed by atoms with Crippen molar-refractivity contribution in [3.05, 3.63) is 0 Å². The molecule has 0 aromatic heterocycles. The summed E-state index contributed by atoms with van der Waals surface area (Å²) in [6, 6.07) is 0. The molecular weight excluding hydrogens is 288 g/mol. The summed E-state index contributed by atoms with van der Waals surface area (Å²) >= 11 is 0. The van der Waals surface area contributed by atoms with Crippen LogP contribution in [0.4, 0.5) is 0 Å². The molecule has 1 N–H and O–H groups in total. The molecule has 21 heavy (non-hydrogen) atoms. The summed E-state index contributed by atoms with van der Waals surface area (Å²) < 4.78 is 39.4. The lowest BCUT2D eigenvalue weighted by molar-refractivity contribution is 0.109. The molecule has 1 saturated heterocycles. The maximum Gasteiger partial charge on any atom is 0.268 e. The number of hydrogen-bond acceptors (Lipinski definition) is 3. The Morgan fingerprint density at radius 1 is 0.810 bits per heavy atom. The second-order valence-corrected chi connectivity index (χ2v) is 8.44. The van der Waals surface area contributed by atoms with Gasteiger partial charge in [-0.25, -0.2) is 0 Å². The zero-order chi connectivity index (χ0) is 15.2. The predicted molar refractivity (Wildman–Crippen MR) is 84.0 cm³/mol. The third kappa shape index (κ3) is 4.93. The Balaban J connectivity index is 2.17. The second-order valence-electron chi connectivity index (χ2n) is 6.85. The first-order valence-electron chi connectivity index (χ1n) is 8.59. The third-order valence-corrected chi connectivity index (χ3v) is 6.82. The fraction of sp³-hybridized carbons (Fsp3) is 1.00. The van der Waals surface area contributed by atoms with Gasteiger partial charge in [0.1, 0.15) is 0 Å². The first-order chi connectivity index (χ1) is 10.0. The van der Waals surface area contributed by atoms with E-state index in [1.807, 2.05) is 0 Å². The normalized spacial score (nSPS) is 29.5. The summed E-state index contributed by atoms with van der Waals surface area (Å²) in [5.74, 6) is 0. The van der Waals surface area contributed by atoms with Crippen LogP contribution in [0.15, 0.2) is 0 Å². The molecule has 0 bridgehead atoms. The molecule has 0 radical (unpaired) electrons. The van der Waals surface area contributed by atoms with E-state index in [2.05, 4.69) is 0 Å². The van der Waals surface area contributed by atoms with E-state index in [1.165, 1.54) is 6.42 Å². The van der Waals surface area contributed by atoms with Gasteiger partial charge in [0, 0.05) is 13.2 Å². The lowest BCUT2D eigenvalue weighted by atomic mass is 9.67. The molecule has 4 nitrogen and oxygen atoms in total. The van der Waals surface area contributed by atoms with Crippen molar-refractivity contribution < 1.29 is 17.7 Å². The highest BCUT2D eigenvalue weighted by Gasteiger charge is 2.45. The summed E-state index contributed by atoms with van der Waals surface area (Å²) in [5, 5.41) is -0.565. The van der Waals surface area contributed by atoms with Crippen LogP contribution < -0.4 is 0 Å². The van der Waals surface area contributed by atoms with Crippen LogP contribution >= 0.6 is 0 Å². The van der Waals surface area contributed by atoms with E-state index in [1.54, 1.807) is 0 Å². The van der Waals surface area contributed by atoms with Gasteiger partial charge in [0.2, 0.25) is 0 Å². The molecule has 5 heteroatoms. The Hall–Kier alpha value is -0.130. The molecule has 0 aromatic carbocycles. The van der Waals surface area contributed by atoms with Crippen molar-refractivity contribution in [1.82, 2.24) is 0 Å². The highest BCUT2D eigenvalue weighted by Crippen LogP contribution is 2.47. The van der Waals surface area contributed by atoms with Crippen molar-refractivity contribution in [3.63, 3.8) is 0 Å². The van der Waals surface area contributed by atoms with Gasteiger partial charge in [-0.2, -0.15) is 8.42 Å². The smallest absolute Gasteiger partial charge is 0.268 e. The van der Waals surface area contributed by atoms with E-state index in [4.69, 9.17) is 4.74 Å². The SMILES string of the molecule is O=S(=O)(O)C1CCCCOCCCCCC12CCCCC2. The van der Waals surface area contributed by atoms with E-state index in [9.17, 15) is 13.0 Å². The Labute approximate surface area is 129 Å². The Bertz CT molecular complexity index is 399. The van der Waals surface area contributed by atoms with Crippen LogP contribution in [0, 0.1) is 5.41 Å². The van der Waals surface area contributed by atoms with Crippen LogP contribution in [0.25, 0.3) is 0 Å². The van der Waals surface area contributed by atoms with Gasteiger partial charge in [-0.05, 0) is 50.4 Å². The van der Waals surface area contributed by atoms with Gasteiger partial charge in [0.05, 0.1) is 5.25 Å². The maximum absolute atomic E-state index is 12.0. The molecular formula is C16H30O4S. The molecule has 1 spiro atoms. The van der Waals surface area contributed by atoms with Crippen molar-refractivity contribution >= 4 is 10.1 Å². The Morgan fingerprint density at radius 3 is 1.90 bits per heavy atom. The average Bonchev–Trinajstić information content (AvgIpc) is 2.42. The van der Waals surface area contributed by atoms with Crippen molar-refractivity contribution in [2.24, 2.45) is 5.41 Å². The molecule has 0 aromatic rings. The lowest BCUT2D eigenvalue weighted by Crippen LogP contribution is -2.42. The topological polar surface area (TPSA) is 63.6 Å². The zero-order valence-corrected chi connectivity index (χ0v) is 13.9. The van der Waals surface area contributed by atoms with Crippen LogP contribution in [0.5, 0.6) is 0 Å². The minimum Gasteiger partial charge on any atom is -0.381 e. The van der Waals surface area contributed by atoms with Gasteiger partial charge in [-0.3, -0.25) is 4.55 Å². The molecule has 2 rings (SSSR count). The van der Waals surface area contributed by atoms with E-state index in [0.29, 0.717) is 13.0 Å². The maximum atomic E-state index is 12.0. The van der Waals surface area contributed by atoms with E-state index < -0.39 is 15.4 Å². The first-order valence-corrected chi connectivity index (χ1v) is 10.1. The summed E-state index contributed by atoms with van der Waals surface area (Å²) in [6.45, 7) is 1.54. The Morgan fingerprint density at radius 2 is 1.33 bits per heavy atom. The zero-order valence-electron chi connectivity index (χ0n) is 13.1. The van der Waals surface area contributed by atoms with Gasteiger partial charge >= 0.3 is 0 Å². The standard InChI is InChI=1S/C16H30O4S/c17-21(18,19)15-9-3-8-14-20-13-7-2-6-12-16(15)10-4-1-5-11-16/h15H,1-14H2,(H,17,18,19). The molecule has 124 valence electrons. The van der Waals surface area contributed by atoms with Crippen LogP contribution in [0.2, 0.25) is 0 Å². The first kappa shape index (κ1) is 17.2. The number of ether oxygens (including phenoxy) is 1. The number of hydrogen-bond donors (Lipinski definition) is 1. The van der Waals surface area contributed by atoms with Crippen LogP contribution in [-0.4, -0.2) is 31.4 Å². The molecule has 1 aliphatic heterocycles. The lowest BCUT2D eigenvalue weighted by Gasteiger charge is -2.42. The molecule has 1 aliphatic carbocycles. The minimum absolute atomic E-state index is 0.175. The van der Waals surface area contributed by atoms with Crippen LogP contribution in [0.3, 0.4) is 0 Å². The minimum atomic E-state index is -3.96. The van der Waals surface area contributed by atoms with Crippen LogP contribution in [-0.2, 0) is 14.9 Å². The fourth-order valence-electron chi connectivity index (χ4n) is 4.25. The highest BCUT2D eigenvalue weighted by molar-refractivity contribution is 7.86. The van der Waals surface area contributed by atoms with Gasteiger partial charge in [0.25, 0.3) is 10.1 Å². The van der Waals surface area contributed by atoms with Gasteiger partial charge in [0.15, 0.2) is 0 Å². The van der Waals surface area contributed by atoms with E-state index in [0.717, 1.165) is 70.8 Å². The predicted octanol–water partition coefficient (Wildman–Crippen LogP) is 3.95. The summed E-state index contributed by atoms with van der Waals surface area (Å²) in [5.41, 5.74) is -0.175. The van der Waals surface area contributed by atoms with E-state index >= 15 is 0 Å². The highest BCUT2D eigenvalue weighted by atomic mass is 32.2. The molecule has 2 fully saturated rings. The molecule has 1 unspecified atom stereocenters.